The Morgan fingerprint density at radius 2 is 2.00 bits per heavy atom. The van der Waals surface area contributed by atoms with E-state index in [-0.39, 0.29) is 4.58 Å². The molecule has 0 spiro atoms. The predicted octanol–water partition coefficient (Wildman–Crippen LogP) is -1.89. The van der Waals surface area contributed by atoms with Gasteiger partial charge in [0.25, 0.3) is 0 Å². The number of thioether (sulfide) groups is 1. The standard InChI is InChI=1S/C6H13NO4S2/c7-13-6-4(11)3(10)5(12-6)2(9)1-8/h2-6,8-11H,1,7H2/t2-,3-,4-,5-,6+/m1/s1. The molecule has 0 radical (unpaired) electrons. The number of hydrogen-bond acceptors (Lipinski definition) is 7. The SMILES string of the molecule is NS[C@@H]1S[C@H]([C@H](O)CO)[C@H](O)[C@H]1O. The van der Waals surface area contributed by atoms with E-state index >= 15 is 0 Å². The summed E-state index contributed by atoms with van der Waals surface area (Å²) in [5.41, 5.74) is 0. The lowest BCUT2D eigenvalue weighted by molar-refractivity contribution is -0.00130. The Morgan fingerprint density at radius 3 is 2.38 bits per heavy atom. The molecule has 0 aromatic rings. The average molecular weight is 227 g/mol. The Balaban J connectivity index is 2.60. The van der Waals surface area contributed by atoms with Crippen molar-refractivity contribution in [2.45, 2.75) is 28.1 Å². The highest BCUT2D eigenvalue weighted by Crippen LogP contribution is 2.40. The maximum atomic E-state index is 9.45. The van der Waals surface area contributed by atoms with Crippen molar-refractivity contribution in [2.75, 3.05) is 6.61 Å². The quantitative estimate of drug-likeness (QED) is 0.359. The van der Waals surface area contributed by atoms with E-state index in [0.29, 0.717) is 0 Å². The number of nitrogens with two attached hydrogens (primary N) is 1. The average Bonchev–Trinajstić information content (AvgIpc) is 2.43. The number of aliphatic hydroxyl groups excluding tert-OH is 4. The molecule has 0 saturated carbocycles. The van der Waals surface area contributed by atoms with Crippen LogP contribution in [0.15, 0.2) is 0 Å². The molecule has 5 nitrogen and oxygen atoms in total. The van der Waals surface area contributed by atoms with E-state index in [4.69, 9.17) is 10.2 Å². The summed E-state index contributed by atoms with van der Waals surface area (Å²) in [6.45, 7) is -0.427. The fourth-order valence-electron chi connectivity index (χ4n) is 1.21. The Labute approximate surface area is 84.5 Å². The van der Waals surface area contributed by atoms with E-state index in [9.17, 15) is 15.3 Å². The first-order chi connectivity index (χ1) is 6.11. The molecule has 78 valence electrons. The zero-order valence-electron chi connectivity index (χ0n) is 6.78. The monoisotopic (exact) mass is 227 g/mol. The van der Waals surface area contributed by atoms with E-state index in [2.05, 4.69) is 0 Å². The fraction of sp³-hybridized carbons (Fsp3) is 1.00. The van der Waals surface area contributed by atoms with Gasteiger partial charge in [0.05, 0.1) is 28.6 Å². The summed E-state index contributed by atoms with van der Waals surface area (Å²) < 4.78 is -0.346. The highest BCUT2D eigenvalue weighted by Gasteiger charge is 2.45. The maximum absolute atomic E-state index is 9.45. The van der Waals surface area contributed by atoms with Crippen molar-refractivity contribution in [1.29, 1.82) is 0 Å². The molecule has 13 heavy (non-hydrogen) atoms. The first kappa shape index (κ1) is 11.6. The summed E-state index contributed by atoms with van der Waals surface area (Å²) >= 11 is 2.12. The normalized spacial score (nSPS) is 42.2. The van der Waals surface area contributed by atoms with Crippen LogP contribution in [0.4, 0.5) is 0 Å². The van der Waals surface area contributed by atoms with Crippen molar-refractivity contribution in [2.24, 2.45) is 5.14 Å². The lowest BCUT2D eigenvalue weighted by Crippen LogP contribution is -2.39. The molecule has 1 aliphatic heterocycles. The minimum atomic E-state index is -1.03. The van der Waals surface area contributed by atoms with Crippen LogP contribution >= 0.6 is 23.7 Å². The number of rotatable bonds is 3. The smallest absolute Gasteiger partial charge is 0.103 e. The van der Waals surface area contributed by atoms with Gasteiger partial charge in [-0.25, -0.2) is 0 Å². The van der Waals surface area contributed by atoms with E-state index in [0.717, 1.165) is 11.9 Å². The van der Waals surface area contributed by atoms with Crippen LogP contribution in [0, 0.1) is 0 Å². The van der Waals surface area contributed by atoms with Gasteiger partial charge in [-0.2, -0.15) is 0 Å². The molecule has 1 saturated heterocycles. The molecule has 0 aromatic heterocycles. The van der Waals surface area contributed by atoms with Crippen molar-refractivity contribution < 1.29 is 20.4 Å². The molecule has 0 amide bonds. The molecule has 0 unspecified atom stereocenters. The third-order valence-electron chi connectivity index (χ3n) is 1.96. The highest BCUT2D eigenvalue weighted by molar-refractivity contribution is 8.16. The Morgan fingerprint density at radius 1 is 1.38 bits per heavy atom. The molecule has 1 fully saturated rings. The van der Waals surface area contributed by atoms with Crippen LogP contribution in [0.3, 0.4) is 0 Å². The molecule has 1 heterocycles. The molecule has 5 atom stereocenters. The molecule has 0 aliphatic carbocycles. The molecule has 1 rings (SSSR count). The Hall–Kier alpha value is 0.500. The van der Waals surface area contributed by atoms with Crippen molar-refractivity contribution in [3.63, 3.8) is 0 Å². The van der Waals surface area contributed by atoms with Crippen molar-refractivity contribution in [3.8, 4) is 0 Å². The third-order valence-corrected chi connectivity index (χ3v) is 4.63. The topological polar surface area (TPSA) is 107 Å². The molecule has 7 heteroatoms. The van der Waals surface area contributed by atoms with E-state index < -0.39 is 30.2 Å². The predicted molar refractivity (Wildman–Crippen MR) is 52.1 cm³/mol. The first-order valence-corrected chi connectivity index (χ1v) is 5.66. The second-order valence-electron chi connectivity index (χ2n) is 2.84. The molecule has 6 N–H and O–H groups in total. The zero-order chi connectivity index (χ0) is 10.0. The lowest BCUT2D eigenvalue weighted by Gasteiger charge is -2.18. The minimum absolute atomic E-state index is 0.346. The van der Waals surface area contributed by atoms with Gasteiger partial charge in [0.15, 0.2) is 0 Å². The second-order valence-corrected chi connectivity index (χ2v) is 5.24. The fourth-order valence-corrected chi connectivity index (χ4v) is 3.39. The summed E-state index contributed by atoms with van der Waals surface area (Å²) in [5.74, 6) is 0. The largest absolute Gasteiger partial charge is 0.394 e. The third kappa shape index (κ3) is 2.30. The van der Waals surface area contributed by atoms with E-state index in [1.54, 1.807) is 0 Å². The zero-order valence-corrected chi connectivity index (χ0v) is 8.41. The van der Waals surface area contributed by atoms with Gasteiger partial charge in [0.2, 0.25) is 0 Å². The van der Waals surface area contributed by atoms with Gasteiger partial charge in [0, 0.05) is 0 Å². The van der Waals surface area contributed by atoms with Gasteiger partial charge < -0.3 is 20.4 Å². The van der Waals surface area contributed by atoms with Gasteiger partial charge in [-0.3, -0.25) is 5.14 Å². The van der Waals surface area contributed by atoms with E-state index in [1.165, 1.54) is 11.8 Å². The number of hydrogen-bond donors (Lipinski definition) is 5. The van der Waals surface area contributed by atoms with Crippen LogP contribution in [0.2, 0.25) is 0 Å². The van der Waals surface area contributed by atoms with Gasteiger partial charge >= 0.3 is 0 Å². The summed E-state index contributed by atoms with van der Waals surface area (Å²) in [6.07, 6.45) is -3.01. The minimum Gasteiger partial charge on any atom is -0.394 e. The van der Waals surface area contributed by atoms with Gasteiger partial charge in [-0.15, -0.1) is 11.8 Å². The van der Waals surface area contributed by atoms with Crippen LogP contribution in [0.1, 0.15) is 0 Å². The molecule has 1 aliphatic rings. The van der Waals surface area contributed by atoms with Crippen LogP contribution in [0.5, 0.6) is 0 Å². The van der Waals surface area contributed by atoms with Gasteiger partial charge in [0.1, 0.15) is 6.10 Å². The summed E-state index contributed by atoms with van der Waals surface area (Å²) in [4.78, 5) is 0. The Bertz CT molecular complexity index is 173. The van der Waals surface area contributed by atoms with Crippen molar-refractivity contribution >= 4 is 23.7 Å². The van der Waals surface area contributed by atoms with E-state index in [1.807, 2.05) is 0 Å². The Kier molecular flexibility index (Phi) is 4.30. The van der Waals surface area contributed by atoms with Crippen LogP contribution in [0.25, 0.3) is 0 Å². The summed E-state index contributed by atoms with van der Waals surface area (Å²) in [7, 11) is 0. The van der Waals surface area contributed by atoms with Gasteiger partial charge in [-0.1, -0.05) is 11.9 Å². The number of aliphatic hydroxyl groups is 4. The lowest BCUT2D eigenvalue weighted by atomic mass is 10.1. The van der Waals surface area contributed by atoms with Gasteiger partial charge in [-0.05, 0) is 0 Å². The molecular weight excluding hydrogens is 214 g/mol. The second kappa shape index (κ2) is 4.83. The first-order valence-electron chi connectivity index (χ1n) is 3.78. The van der Waals surface area contributed by atoms with Crippen molar-refractivity contribution in [1.82, 2.24) is 0 Å². The molecule has 0 aromatic carbocycles. The van der Waals surface area contributed by atoms with Crippen LogP contribution in [-0.4, -0.2) is 55.2 Å². The van der Waals surface area contributed by atoms with Crippen molar-refractivity contribution in [3.05, 3.63) is 0 Å². The van der Waals surface area contributed by atoms with Crippen LogP contribution in [-0.2, 0) is 0 Å². The summed E-state index contributed by atoms with van der Waals surface area (Å²) in [6, 6.07) is 0. The molecule has 0 bridgehead atoms. The van der Waals surface area contributed by atoms with Crippen LogP contribution < -0.4 is 5.14 Å². The maximum Gasteiger partial charge on any atom is 0.103 e. The highest BCUT2D eigenvalue weighted by atomic mass is 32.2. The molecular formula is C6H13NO4S2. The summed E-state index contributed by atoms with van der Waals surface area (Å²) in [5, 5.41) is 41.5.